The molecule has 2 aliphatic heterocycles. The first-order valence-corrected chi connectivity index (χ1v) is 16.8. The van der Waals surface area contributed by atoms with E-state index in [0.29, 0.717) is 47.2 Å². The van der Waals surface area contributed by atoms with Crippen LogP contribution in [0.3, 0.4) is 0 Å². The van der Waals surface area contributed by atoms with Crippen molar-refractivity contribution in [2.45, 2.75) is 51.5 Å². The van der Waals surface area contributed by atoms with Crippen molar-refractivity contribution >= 4 is 44.2 Å². The monoisotopic (exact) mass is 692 g/mol. The highest BCUT2D eigenvalue weighted by atomic mass is 32.1. The number of rotatable bonds is 10. The Morgan fingerprint density at radius 1 is 1.10 bits per heavy atom. The third-order valence-corrected chi connectivity index (χ3v) is 9.84. The zero-order valence-electron chi connectivity index (χ0n) is 27.4. The van der Waals surface area contributed by atoms with Crippen LogP contribution in [0.1, 0.15) is 34.5 Å². The summed E-state index contributed by atoms with van der Waals surface area (Å²) in [7, 11) is 0. The fraction of sp³-hybridized carbons (Fsp3) is 0.429. The highest BCUT2D eigenvalue weighted by molar-refractivity contribution is 7.18. The zero-order valence-corrected chi connectivity index (χ0v) is 28.2. The van der Waals surface area contributed by atoms with Gasteiger partial charge in [0.05, 0.1) is 38.1 Å². The third kappa shape index (κ3) is 8.96. The van der Waals surface area contributed by atoms with E-state index in [1.54, 1.807) is 6.07 Å². The summed E-state index contributed by atoms with van der Waals surface area (Å²) in [5, 5.41) is 17.9. The number of likely N-dealkylation sites (tertiary alicyclic amines) is 1. The number of thiophene rings is 1. The number of nitrogens with one attached hydrogen (secondary N) is 2. The Balaban J connectivity index is 0.00000230. The topological polar surface area (TPSA) is 111 Å². The molecule has 49 heavy (non-hydrogen) atoms. The van der Waals surface area contributed by atoms with Crippen molar-refractivity contribution in [3.8, 4) is 18.9 Å². The van der Waals surface area contributed by atoms with Crippen molar-refractivity contribution in [3.63, 3.8) is 0 Å². The van der Waals surface area contributed by atoms with Crippen LogP contribution >= 0.6 is 11.3 Å². The molecule has 0 atom stereocenters. The van der Waals surface area contributed by atoms with Crippen LogP contribution in [0.15, 0.2) is 42.9 Å². The van der Waals surface area contributed by atoms with Crippen LogP contribution in [0.5, 0.6) is 0 Å². The molecular formula is C35H39F3N8O2S. The molecule has 2 fully saturated rings. The zero-order chi connectivity index (χ0) is 35.1. The summed E-state index contributed by atoms with van der Waals surface area (Å²) in [6, 6.07) is 10.0. The van der Waals surface area contributed by atoms with E-state index >= 15 is 0 Å². The number of nitriles is 1. The molecule has 10 nitrogen and oxygen atoms in total. The summed E-state index contributed by atoms with van der Waals surface area (Å²) in [5.74, 6) is 0.452. The molecule has 2 aliphatic rings. The molecule has 0 radical (unpaired) electrons. The Kier molecular flexibility index (Phi) is 11.6. The molecule has 5 heterocycles. The SMILES string of the molecule is C#C.C=C(Cn1c(C#N)cc2c(C)c(CN3CCC(Nc4ncnc5sc(CC(F)(F)F)cc45)CC3)ccc21)NC(=O)CN1CCOCC1. The normalized spacial score (nSPS) is 16.2. The van der Waals surface area contributed by atoms with Crippen molar-refractivity contribution < 1.29 is 22.7 Å². The lowest BCUT2D eigenvalue weighted by Gasteiger charge is -2.33. The average molecular weight is 693 g/mol. The van der Waals surface area contributed by atoms with Gasteiger partial charge in [0.25, 0.3) is 0 Å². The number of piperidine rings is 1. The van der Waals surface area contributed by atoms with Crippen LogP contribution in [-0.2, 0) is 29.0 Å². The fourth-order valence-electron chi connectivity index (χ4n) is 6.36. The second kappa shape index (κ2) is 15.8. The maximum atomic E-state index is 12.9. The summed E-state index contributed by atoms with van der Waals surface area (Å²) in [6.07, 6.45) is 5.89. The van der Waals surface area contributed by atoms with Gasteiger partial charge in [-0.1, -0.05) is 12.6 Å². The molecule has 2 saturated heterocycles. The van der Waals surface area contributed by atoms with Crippen LogP contribution in [0.2, 0.25) is 0 Å². The molecule has 6 rings (SSSR count). The van der Waals surface area contributed by atoms with Gasteiger partial charge in [0.2, 0.25) is 5.91 Å². The first kappa shape index (κ1) is 35.8. The predicted octanol–water partition coefficient (Wildman–Crippen LogP) is 5.22. The lowest BCUT2D eigenvalue weighted by Crippen LogP contribution is -2.43. The number of anilines is 1. The third-order valence-electron chi connectivity index (χ3n) is 8.79. The van der Waals surface area contributed by atoms with Gasteiger partial charge in [0.1, 0.15) is 28.7 Å². The minimum atomic E-state index is -4.27. The lowest BCUT2D eigenvalue weighted by molar-refractivity contribution is -0.126. The Morgan fingerprint density at radius 2 is 1.84 bits per heavy atom. The molecule has 0 spiro atoms. The largest absolute Gasteiger partial charge is 0.393 e. The number of fused-ring (bicyclic) bond motifs is 2. The van der Waals surface area contributed by atoms with Gasteiger partial charge >= 0.3 is 6.18 Å². The Labute approximate surface area is 287 Å². The van der Waals surface area contributed by atoms with Gasteiger partial charge in [0, 0.05) is 60.2 Å². The first-order chi connectivity index (χ1) is 23.6. The minimum absolute atomic E-state index is 0.129. The van der Waals surface area contributed by atoms with E-state index in [1.165, 1.54) is 11.9 Å². The summed E-state index contributed by atoms with van der Waals surface area (Å²) in [5.41, 5.74) is 4.23. The number of carbonyl (C=O) groups excluding carboxylic acids is 1. The summed E-state index contributed by atoms with van der Waals surface area (Å²) in [4.78, 5) is 26.3. The molecule has 0 saturated carbocycles. The standard InChI is InChI=1S/C33H37F3N8O2S.C2H2/c1-21(40-30(45)19-43-9-11-46-12-10-43)17-44-25(16-37)13-27-22(2)23(3-4-29(27)44)18-42-7-5-24(6-8-42)41-31-28-14-26(15-33(34,35)36)47-32(28)39-20-38-31;1-2/h3-4,13-14,20,24H,1,5-12,15,17-19H2,2H3,(H,40,45)(H,38,39,41);1-2H. The van der Waals surface area contributed by atoms with Crippen LogP contribution < -0.4 is 10.6 Å². The molecule has 0 aliphatic carbocycles. The molecule has 1 aromatic carbocycles. The van der Waals surface area contributed by atoms with E-state index < -0.39 is 12.6 Å². The van der Waals surface area contributed by atoms with Crippen molar-refractivity contribution in [2.24, 2.45) is 0 Å². The molecule has 1 amide bonds. The number of hydrogen-bond donors (Lipinski definition) is 2. The van der Waals surface area contributed by atoms with E-state index in [-0.39, 0.29) is 23.4 Å². The van der Waals surface area contributed by atoms with E-state index in [9.17, 15) is 23.2 Å². The first-order valence-electron chi connectivity index (χ1n) is 16.0. The highest BCUT2D eigenvalue weighted by Gasteiger charge is 2.29. The molecule has 0 unspecified atom stereocenters. The number of morpholine rings is 1. The van der Waals surface area contributed by atoms with Crippen molar-refractivity contribution in [1.29, 1.82) is 5.26 Å². The Bertz CT molecular complexity index is 1860. The lowest BCUT2D eigenvalue weighted by atomic mass is 10.0. The molecular weight excluding hydrogens is 654 g/mol. The number of terminal acetylenes is 1. The molecule has 3 aromatic heterocycles. The van der Waals surface area contributed by atoms with Gasteiger partial charge in [-0.25, -0.2) is 9.97 Å². The van der Waals surface area contributed by atoms with Crippen molar-refractivity contribution in [3.05, 3.63) is 64.6 Å². The molecule has 4 aromatic rings. The number of allylic oxidation sites excluding steroid dienone is 1. The number of hydrogen-bond acceptors (Lipinski definition) is 9. The quantitative estimate of drug-likeness (QED) is 0.218. The number of carbonyl (C=O) groups is 1. The fourth-order valence-corrected chi connectivity index (χ4v) is 7.39. The second-order valence-electron chi connectivity index (χ2n) is 12.2. The van der Waals surface area contributed by atoms with Crippen LogP contribution in [0, 0.1) is 31.1 Å². The summed E-state index contributed by atoms with van der Waals surface area (Å²) >= 11 is 1.05. The molecule has 258 valence electrons. The number of aryl methyl sites for hydroxylation is 1. The highest BCUT2D eigenvalue weighted by Crippen LogP contribution is 2.33. The predicted molar refractivity (Wildman–Crippen MR) is 185 cm³/mol. The number of nitrogens with zero attached hydrogens (tertiary/aromatic N) is 6. The van der Waals surface area contributed by atoms with Gasteiger partial charge < -0.3 is 19.9 Å². The van der Waals surface area contributed by atoms with Crippen molar-refractivity contribution in [2.75, 3.05) is 51.3 Å². The van der Waals surface area contributed by atoms with Gasteiger partial charge in [-0.05, 0) is 49.1 Å². The van der Waals surface area contributed by atoms with Gasteiger partial charge in [-0.2, -0.15) is 18.4 Å². The number of benzene rings is 1. The van der Waals surface area contributed by atoms with E-state index in [1.807, 2.05) is 21.6 Å². The Morgan fingerprint density at radius 3 is 2.53 bits per heavy atom. The van der Waals surface area contributed by atoms with Crippen LogP contribution in [0.25, 0.3) is 21.1 Å². The minimum Gasteiger partial charge on any atom is -0.379 e. The summed E-state index contributed by atoms with van der Waals surface area (Å²) < 4.78 is 46.0. The van der Waals surface area contributed by atoms with Crippen LogP contribution in [-0.4, -0.2) is 88.4 Å². The number of amides is 1. The Hall–Kier alpha value is -4.47. The maximum Gasteiger partial charge on any atom is 0.393 e. The molecule has 14 heteroatoms. The summed E-state index contributed by atoms with van der Waals surface area (Å²) in [6.45, 7) is 11.8. The average Bonchev–Trinajstić information content (AvgIpc) is 3.65. The number of halogens is 3. The maximum absolute atomic E-state index is 12.9. The van der Waals surface area contributed by atoms with Gasteiger partial charge in [-0.3, -0.25) is 14.6 Å². The van der Waals surface area contributed by atoms with Crippen LogP contribution in [0.4, 0.5) is 19.0 Å². The van der Waals surface area contributed by atoms with Crippen molar-refractivity contribution in [1.82, 2.24) is 29.7 Å². The van der Waals surface area contributed by atoms with E-state index in [4.69, 9.17) is 4.74 Å². The number of ether oxygens (including phenoxy) is 1. The molecule has 2 N–H and O–H groups in total. The number of alkyl halides is 3. The van der Waals surface area contributed by atoms with Gasteiger partial charge in [-0.15, -0.1) is 24.2 Å². The smallest absolute Gasteiger partial charge is 0.379 e. The van der Waals surface area contributed by atoms with Gasteiger partial charge in [0.15, 0.2) is 0 Å². The number of aromatic nitrogens is 3. The second-order valence-corrected chi connectivity index (χ2v) is 13.3. The van der Waals surface area contributed by atoms with E-state index in [2.05, 4.69) is 64.0 Å². The molecule has 0 bridgehead atoms. The van der Waals surface area contributed by atoms with E-state index in [0.717, 1.165) is 73.4 Å².